The normalized spacial score (nSPS) is 12.4. The molecule has 0 fully saturated rings. The summed E-state index contributed by atoms with van der Waals surface area (Å²) in [5.74, 6) is 0.00590. The molecule has 21 heavy (non-hydrogen) atoms. The molecule has 3 nitrogen and oxygen atoms in total. The van der Waals surface area contributed by atoms with Gasteiger partial charge in [-0.2, -0.15) is 0 Å². The lowest BCUT2D eigenvalue weighted by Gasteiger charge is -2.27. The summed E-state index contributed by atoms with van der Waals surface area (Å²) < 4.78 is 0. The van der Waals surface area contributed by atoms with Crippen LogP contribution in [0.2, 0.25) is 5.02 Å². The van der Waals surface area contributed by atoms with E-state index in [1.807, 2.05) is 38.1 Å². The van der Waals surface area contributed by atoms with E-state index in [1.165, 1.54) is 0 Å². The van der Waals surface area contributed by atoms with Crippen LogP contribution in [0.3, 0.4) is 0 Å². The predicted molar refractivity (Wildman–Crippen MR) is 92.2 cm³/mol. The molecule has 1 aromatic rings. The second kappa shape index (κ2) is 9.29. The minimum atomic E-state index is -0.593. The molecule has 0 heterocycles. The molecule has 0 aliphatic rings. The number of amides is 1. The zero-order chi connectivity index (χ0) is 15.2. The first-order valence-electron chi connectivity index (χ1n) is 7.19. The van der Waals surface area contributed by atoms with Crippen LogP contribution in [0, 0.1) is 0 Å². The molecule has 0 bridgehead atoms. The highest BCUT2D eigenvalue weighted by Gasteiger charge is 2.30. The van der Waals surface area contributed by atoms with Crippen molar-refractivity contribution in [3.8, 4) is 0 Å². The lowest BCUT2D eigenvalue weighted by molar-refractivity contribution is -0.126. The molecule has 0 spiro atoms. The minimum Gasteiger partial charge on any atom is -0.351 e. The van der Waals surface area contributed by atoms with Gasteiger partial charge in [-0.3, -0.25) is 4.79 Å². The third-order valence-corrected chi connectivity index (χ3v) is 3.91. The maximum Gasteiger partial charge on any atom is 0.230 e. The fourth-order valence-electron chi connectivity index (χ4n) is 2.06. The first kappa shape index (κ1) is 20.2. The number of benzene rings is 1. The predicted octanol–water partition coefficient (Wildman–Crippen LogP) is 3.67. The summed E-state index contributed by atoms with van der Waals surface area (Å²) in [6.07, 6.45) is 3.10. The van der Waals surface area contributed by atoms with Crippen molar-refractivity contribution >= 4 is 29.9 Å². The van der Waals surface area contributed by atoms with E-state index in [-0.39, 0.29) is 24.4 Å². The van der Waals surface area contributed by atoms with Crippen LogP contribution in [0.5, 0.6) is 0 Å². The highest BCUT2D eigenvalue weighted by molar-refractivity contribution is 6.30. The van der Waals surface area contributed by atoms with Crippen molar-refractivity contribution in [1.29, 1.82) is 0 Å². The van der Waals surface area contributed by atoms with Gasteiger partial charge >= 0.3 is 0 Å². The number of carbonyl (C=O) groups is 1. The third-order valence-electron chi connectivity index (χ3n) is 3.66. The largest absolute Gasteiger partial charge is 0.351 e. The molecule has 5 heteroatoms. The Labute approximate surface area is 139 Å². The van der Waals surface area contributed by atoms with E-state index in [9.17, 15) is 4.79 Å². The first-order chi connectivity index (χ1) is 9.41. The van der Waals surface area contributed by atoms with Crippen LogP contribution >= 0.6 is 24.0 Å². The van der Waals surface area contributed by atoms with E-state index < -0.39 is 5.41 Å². The number of hydrogen-bond acceptors (Lipinski definition) is 2. The van der Waals surface area contributed by atoms with Gasteiger partial charge in [-0.15, -0.1) is 12.4 Å². The Morgan fingerprint density at radius 1 is 1.33 bits per heavy atom. The second-order valence-electron chi connectivity index (χ2n) is 5.68. The molecule has 1 atom stereocenters. The topological polar surface area (TPSA) is 55.1 Å². The zero-order valence-corrected chi connectivity index (χ0v) is 14.6. The van der Waals surface area contributed by atoms with Gasteiger partial charge in [-0.25, -0.2) is 0 Å². The van der Waals surface area contributed by atoms with Crippen LogP contribution in [0.1, 0.15) is 45.6 Å². The van der Waals surface area contributed by atoms with Gasteiger partial charge in [0.2, 0.25) is 5.91 Å². The summed E-state index contributed by atoms with van der Waals surface area (Å²) in [5.41, 5.74) is 6.09. The highest BCUT2D eigenvalue weighted by Crippen LogP contribution is 2.25. The van der Waals surface area contributed by atoms with Gasteiger partial charge in [-0.05, 0) is 38.0 Å². The maximum absolute atomic E-state index is 12.5. The molecule has 120 valence electrons. The van der Waals surface area contributed by atoms with E-state index in [0.29, 0.717) is 11.6 Å². The van der Waals surface area contributed by atoms with E-state index >= 15 is 0 Å². The van der Waals surface area contributed by atoms with Gasteiger partial charge in [0.15, 0.2) is 0 Å². The van der Waals surface area contributed by atoms with Gasteiger partial charge in [0.05, 0.1) is 5.41 Å². The average molecular weight is 333 g/mol. The smallest absolute Gasteiger partial charge is 0.230 e. The SMILES string of the molecule is CCCCC(CN)NC(=O)C(C)(C)c1ccc(Cl)cc1.Cl. The van der Waals surface area contributed by atoms with Gasteiger partial charge < -0.3 is 11.1 Å². The van der Waals surface area contributed by atoms with Crippen LogP contribution in [0.15, 0.2) is 24.3 Å². The first-order valence-corrected chi connectivity index (χ1v) is 7.56. The molecule has 0 saturated heterocycles. The Bertz CT molecular complexity index is 432. The summed E-state index contributed by atoms with van der Waals surface area (Å²) in [6.45, 7) is 6.44. The fourth-order valence-corrected chi connectivity index (χ4v) is 2.19. The summed E-state index contributed by atoms with van der Waals surface area (Å²) in [7, 11) is 0. The molecule has 1 amide bonds. The summed E-state index contributed by atoms with van der Waals surface area (Å²) in [5, 5.41) is 3.73. The summed E-state index contributed by atoms with van der Waals surface area (Å²) in [4.78, 5) is 12.5. The van der Waals surface area contributed by atoms with Gasteiger partial charge in [0, 0.05) is 17.6 Å². The van der Waals surface area contributed by atoms with Crippen molar-refractivity contribution in [2.45, 2.75) is 51.5 Å². The number of hydrogen-bond donors (Lipinski definition) is 2. The van der Waals surface area contributed by atoms with Crippen LogP contribution in [0.4, 0.5) is 0 Å². The Morgan fingerprint density at radius 3 is 2.38 bits per heavy atom. The van der Waals surface area contributed by atoms with Crippen LogP contribution < -0.4 is 11.1 Å². The summed E-state index contributed by atoms with van der Waals surface area (Å²) >= 11 is 5.89. The number of carbonyl (C=O) groups excluding carboxylic acids is 1. The quantitative estimate of drug-likeness (QED) is 0.800. The van der Waals surface area contributed by atoms with E-state index in [4.69, 9.17) is 17.3 Å². The molecular weight excluding hydrogens is 307 g/mol. The molecule has 1 aromatic carbocycles. The van der Waals surface area contributed by atoms with Crippen LogP contribution in [-0.4, -0.2) is 18.5 Å². The number of halogens is 2. The monoisotopic (exact) mass is 332 g/mol. The minimum absolute atomic E-state index is 0. The van der Waals surface area contributed by atoms with Crippen molar-refractivity contribution in [2.24, 2.45) is 5.73 Å². The average Bonchev–Trinajstić information content (AvgIpc) is 2.43. The van der Waals surface area contributed by atoms with Crippen molar-refractivity contribution in [2.75, 3.05) is 6.54 Å². The molecule has 0 radical (unpaired) electrons. The van der Waals surface area contributed by atoms with Crippen LogP contribution in [-0.2, 0) is 10.2 Å². The van der Waals surface area contributed by atoms with Crippen LogP contribution in [0.25, 0.3) is 0 Å². The molecule has 0 saturated carbocycles. The highest BCUT2D eigenvalue weighted by atomic mass is 35.5. The van der Waals surface area contributed by atoms with Gasteiger partial charge in [0.25, 0.3) is 0 Å². The van der Waals surface area contributed by atoms with Gasteiger partial charge in [0.1, 0.15) is 0 Å². The van der Waals surface area contributed by atoms with Crippen molar-refractivity contribution < 1.29 is 4.79 Å². The lowest BCUT2D eigenvalue weighted by atomic mass is 9.83. The molecule has 1 rings (SSSR count). The standard InChI is InChI=1S/C16H25ClN2O.ClH/c1-4-5-6-14(11-18)19-15(20)16(2,3)12-7-9-13(17)10-8-12;/h7-10,14H,4-6,11,18H2,1-3H3,(H,19,20);1H. The lowest BCUT2D eigenvalue weighted by Crippen LogP contribution is -2.47. The second-order valence-corrected chi connectivity index (χ2v) is 6.12. The molecular formula is C16H26Cl2N2O. The maximum atomic E-state index is 12.5. The molecule has 0 aliphatic carbocycles. The van der Waals surface area contributed by atoms with E-state index in [1.54, 1.807) is 0 Å². The number of rotatable bonds is 7. The number of nitrogens with two attached hydrogens (primary N) is 1. The van der Waals surface area contributed by atoms with Crippen molar-refractivity contribution in [3.63, 3.8) is 0 Å². The Morgan fingerprint density at radius 2 is 1.90 bits per heavy atom. The van der Waals surface area contributed by atoms with E-state index in [0.717, 1.165) is 24.8 Å². The van der Waals surface area contributed by atoms with Crippen molar-refractivity contribution in [1.82, 2.24) is 5.32 Å². The Kier molecular flexibility index (Phi) is 8.95. The molecule has 0 aliphatic heterocycles. The fraction of sp³-hybridized carbons (Fsp3) is 0.562. The van der Waals surface area contributed by atoms with Gasteiger partial charge in [-0.1, -0.05) is 43.5 Å². The number of unbranched alkanes of at least 4 members (excludes halogenated alkanes) is 1. The summed E-state index contributed by atoms with van der Waals surface area (Å²) in [6, 6.07) is 7.46. The van der Waals surface area contributed by atoms with Crippen molar-refractivity contribution in [3.05, 3.63) is 34.9 Å². The zero-order valence-electron chi connectivity index (χ0n) is 13.0. The van der Waals surface area contributed by atoms with E-state index in [2.05, 4.69) is 12.2 Å². The molecule has 3 N–H and O–H groups in total. The number of nitrogens with one attached hydrogen (secondary N) is 1. The molecule has 1 unspecified atom stereocenters. The molecule has 0 aromatic heterocycles. The Balaban J connectivity index is 0.00000400. The third kappa shape index (κ3) is 5.85. The Hall–Kier alpha value is -0.770.